The minimum Gasteiger partial charge on any atom is -0.355 e. The second-order valence-corrected chi connectivity index (χ2v) is 4.90. The zero-order chi connectivity index (χ0) is 15.4. The first-order valence-electron chi connectivity index (χ1n) is 5.95. The number of nitrogens with zero attached hydrogens (tertiary/aromatic N) is 1. The number of benzene rings is 1. The lowest BCUT2D eigenvalue weighted by Gasteiger charge is -2.09. The van der Waals surface area contributed by atoms with Crippen molar-refractivity contribution in [3.05, 3.63) is 57.8 Å². The van der Waals surface area contributed by atoms with E-state index in [-0.39, 0.29) is 17.0 Å². The Labute approximate surface area is 131 Å². The maximum absolute atomic E-state index is 12.1. The van der Waals surface area contributed by atoms with Crippen LogP contribution in [0.25, 0.3) is 0 Å². The molecule has 2 rings (SSSR count). The number of hydrogen-bond acceptors (Lipinski definition) is 3. The van der Waals surface area contributed by atoms with E-state index < -0.39 is 5.91 Å². The van der Waals surface area contributed by atoms with Gasteiger partial charge in [-0.3, -0.25) is 14.6 Å². The van der Waals surface area contributed by atoms with E-state index in [9.17, 15) is 9.59 Å². The van der Waals surface area contributed by atoms with Gasteiger partial charge in [-0.15, -0.1) is 0 Å². The van der Waals surface area contributed by atoms with E-state index in [1.54, 1.807) is 6.07 Å². The minimum absolute atomic E-state index is 0.246. The predicted octanol–water partition coefficient (Wildman–Crippen LogP) is 3.00. The molecule has 0 atom stereocenters. The molecule has 0 saturated heterocycles. The van der Waals surface area contributed by atoms with Gasteiger partial charge in [0.2, 0.25) is 0 Å². The molecule has 0 aliphatic rings. The summed E-state index contributed by atoms with van der Waals surface area (Å²) in [5.41, 5.74) is 0.952. The lowest BCUT2D eigenvalue weighted by molar-refractivity contribution is 0.0961. The lowest BCUT2D eigenvalue weighted by atomic mass is 10.1. The molecule has 1 aromatic carbocycles. The molecule has 2 amide bonds. The number of carbonyl (C=O) groups excluding carboxylic acids is 2. The third-order valence-electron chi connectivity index (χ3n) is 2.71. The summed E-state index contributed by atoms with van der Waals surface area (Å²) in [6.07, 6.45) is 2.86. The van der Waals surface area contributed by atoms with Gasteiger partial charge in [0.05, 0.1) is 21.2 Å². The summed E-state index contributed by atoms with van der Waals surface area (Å²) >= 11 is 11.9. The Bertz CT molecular complexity index is 704. The standard InChI is InChI=1S/C14H11Cl2N3O2/c1-17-13(20)9-6-8(2-3-11(9)15)19-14(21)10-7-18-5-4-12(10)16/h2-7H,1H3,(H,17,20)(H,19,21). The highest BCUT2D eigenvalue weighted by Crippen LogP contribution is 2.22. The maximum Gasteiger partial charge on any atom is 0.258 e. The molecule has 1 heterocycles. The summed E-state index contributed by atoms with van der Waals surface area (Å²) in [5.74, 6) is -0.756. The number of aromatic nitrogens is 1. The van der Waals surface area contributed by atoms with Crippen LogP contribution in [0.5, 0.6) is 0 Å². The van der Waals surface area contributed by atoms with Crippen LogP contribution in [-0.4, -0.2) is 23.8 Å². The van der Waals surface area contributed by atoms with E-state index >= 15 is 0 Å². The molecule has 0 spiro atoms. The predicted molar refractivity (Wildman–Crippen MR) is 82.0 cm³/mol. The first-order chi connectivity index (χ1) is 10.0. The Hall–Kier alpha value is -2.11. The van der Waals surface area contributed by atoms with E-state index in [1.807, 2.05) is 0 Å². The normalized spacial score (nSPS) is 10.0. The fourth-order valence-corrected chi connectivity index (χ4v) is 2.05. The van der Waals surface area contributed by atoms with Gasteiger partial charge in [0.1, 0.15) is 0 Å². The topological polar surface area (TPSA) is 71.1 Å². The Morgan fingerprint density at radius 1 is 1.05 bits per heavy atom. The van der Waals surface area contributed by atoms with E-state index in [0.29, 0.717) is 15.7 Å². The van der Waals surface area contributed by atoms with E-state index in [1.165, 1.54) is 37.6 Å². The quantitative estimate of drug-likeness (QED) is 0.912. The van der Waals surface area contributed by atoms with Gasteiger partial charge in [0, 0.05) is 25.1 Å². The van der Waals surface area contributed by atoms with Crippen molar-refractivity contribution in [1.82, 2.24) is 10.3 Å². The second-order valence-electron chi connectivity index (χ2n) is 4.08. The van der Waals surface area contributed by atoms with Crippen LogP contribution in [0.2, 0.25) is 10.0 Å². The van der Waals surface area contributed by atoms with Crippen LogP contribution in [0.15, 0.2) is 36.7 Å². The first-order valence-corrected chi connectivity index (χ1v) is 6.71. The first kappa shape index (κ1) is 15.3. The van der Waals surface area contributed by atoms with Gasteiger partial charge in [0.15, 0.2) is 0 Å². The van der Waals surface area contributed by atoms with Crippen molar-refractivity contribution in [2.45, 2.75) is 0 Å². The second kappa shape index (κ2) is 6.56. The number of nitrogens with one attached hydrogen (secondary N) is 2. The molecule has 108 valence electrons. The van der Waals surface area contributed by atoms with Crippen LogP contribution >= 0.6 is 23.2 Å². The third kappa shape index (κ3) is 3.51. The highest BCUT2D eigenvalue weighted by atomic mass is 35.5. The molecule has 7 heteroatoms. The molecule has 2 N–H and O–H groups in total. The summed E-state index contributed by atoms with van der Waals surface area (Å²) in [4.78, 5) is 27.6. The van der Waals surface area contributed by atoms with Gasteiger partial charge in [0.25, 0.3) is 11.8 Å². The largest absolute Gasteiger partial charge is 0.355 e. The number of hydrogen-bond donors (Lipinski definition) is 2. The molecule has 1 aromatic heterocycles. The van der Waals surface area contributed by atoms with Gasteiger partial charge in [-0.1, -0.05) is 23.2 Å². The number of amides is 2. The minimum atomic E-state index is -0.418. The fourth-order valence-electron chi connectivity index (χ4n) is 1.65. The molecule has 0 fully saturated rings. The zero-order valence-electron chi connectivity index (χ0n) is 11.0. The van der Waals surface area contributed by atoms with Crippen molar-refractivity contribution in [3.63, 3.8) is 0 Å². The maximum atomic E-state index is 12.1. The summed E-state index contributed by atoms with van der Waals surface area (Å²) < 4.78 is 0. The summed E-state index contributed by atoms with van der Waals surface area (Å²) in [7, 11) is 1.50. The molecular formula is C14H11Cl2N3O2. The van der Waals surface area contributed by atoms with Crippen molar-refractivity contribution in [1.29, 1.82) is 0 Å². The van der Waals surface area contributed by atoms with Crippen molar-refractivity contribution in [2.24, 2.45) is 0 Å². The number of rotatable bonds is 3. The Morgan fingerprint density at radius 2 is 1.76 bits per heavy atom. The van der Waals surface area contributed by atoms with Crippen LogP contribution in [-0.2, 0) is 0 Å². The highest BCUT2D eigenvalue weighted by molar-refractivity contribution is 6.35. The number of anilines is 1. The number of halogens is 2. The van der Waals surface area contributed by atoms with Crippen LogP contribution in [0.3, 0.4) is 0 Å². The molecule has 0 saturated carbocycles. The molecule has 0 bridgehead atoms. The monoisotopic (exact) mass is 323 g/mol. The van der Waals surface area contributed by atoms with Crippen molar-refractivity contribution >= 4 is 40.7 Å². The fraction of sp³-hybridized carbons (Fsp3) is 0.0714. The van der Waals surface area contributed by atoms with E-state index in [2.05, 4.69) is 15.6 Å². The van der Waals surface area contributed by atoms with E-state index in [4.69, 9.17) is 23.2 Å². The Morgan fingerprint density at radius 3 is 2.43 bits per heavy atom. The molecule has 0 aliphatic heterocycles. The Kier molecular flexibility index (Phi) is 4.77. The molecule has 5 nitrogen and oxygen atoms in total. The highest BCUT2D eigenvalue weighted by Gasteiger charge is 2.13. The van der Waals surface area contributed by atoms with Crippen molar-refractivity contribution in [2.75, 3.05) is 12.4 Å². The lowest BCUT2D eigenvalue weighted by Crippen LogP contribution is -2.19. The van der Waals surface area contributed by atoms with Crippen LogP contribution in [0.4, 0.5) is 5.69 Å². The third-order valence-corrected chi connectivity index (χ3v) is 3.37. The summed E-state index contributed by atoms with van der Waals surface area (Å²) in [6.45, 7) is 0. The molecular weight excluding hydrogens is 313 g/mol. The van der Waals surface area contributed by atoms with Crippen LogP contribution < -0.4 is 10.6 Å². The summed E-state index contributed by atoms with van der Waals surface area (Å²) in [6, 6.07) is 6.14. The molecule has 2 aromatic rings. The van der Waals surface area contributed by atoms with Crippen LogP contribution in [0.1, 0.15) is 20.7 Å². The van der Waals surface area contributed by atoms with Crippen molar-refractivity contribution in [3.8, 4) is 0 Å². The van der Waals surface area contributed by atoms with Crippen molar-refractivity contribution < 1.29 is 9.59 Å². The average molecular weight is 324 g/mol. The van der Waals surface area contributed by atoms with Gasteiger partial charge in [-0.2, -0.15) is 0 Å². The Balaban J connectivity index is 2.26. The SMILES string of the molecule is CNC(=O)c1cc(NC(=O)c2cnccc2Cl)ccc1Cl. The van der Waals surface area contributed by atoms with Crippen LogP contribution in [0, 0.1) is 0 Å². The average Bonchev–Trinajstić information content (AvgIpc) is 2.48. The molecule has 0 radical (unpaired) electrons. The van der Waals surface area contributed by atoms with Gasteiger partial charge in [-0.25, -0.2) is 0 Å². The van der Waals surface area contributed by atoms with Gasteiger partial charge >= 0.3 is 0 Å². The smallest absolute Gasteiger partial charge is 0.258 e. The summed E-state index contributed by atoms with van der Waals surface area (Å²) in [5, 5.41) is 5.71. The van der Waals surface area contributed by atoms with Gasteiger partial charge in [-0.05, 0) is 24.3 Å². The molecule has 0 unspecified atom stereocenters. The number of carbonyl (C=O) groups is 2. The molecule has 21 heavy (non-hydrogen) atoms. The number of pyridine rings is 1. The van der Waals surface area contributed by atoms with Gasteiger partial charge < -0.3 is 10.6 Å². The molecule has 0 aliphatic carbocycles. The van der Waals surface area contributed by atoms with E-state index in [0.717, 1.165) is 0 Å². The zero-order valence-corrected chi connectivity index (χ0v) is 12.5.